The summed E-state index contributed by atoms with van der Waals surface area (Å²) in [5, 5.41) is 1.26. The minimum atomic E-state index is -0.616. The minimum Gasteiger partial charge on any atom is -0.305 e. The molecule has 2 aromatic carbocycles. The van der Waals surface area contributed by atoms with E-state index >= 15 is 0 Å². The summed E-state index contributed by atoms with van der Waals surface area (Å²) in [6, 6.07) is 18.9. The highest BCUT2D eigenvalue weighted by molar-refractivity contribution is 7.69. The van der Waals surface area contributed by atoms with E-state index in [2.05, 4.69) is 68.1 Å². The van der Waals surface area contributed by atoms with Crippen LogP contribution in [-0.2, 0) is 11.3 Å². The van der Waals surface area contributed by atoms with Gasteiger partial charge in [0.15, 0.2) is 0 Å². The van der Waals surface area contributed by atoms with E-state index in [1.54, 1.807) is 6.92 Å². The Hall–Kier alpha value is -1.76. The summed E-state index contributed by atoms with van der Waals surface area (Å²) < 4.78 is 0. The second kappa shape index (κ2) is 8.92. The number of benzene rings is 2. The molecule has 0 aliphatic heterocycles. The molecule has 2 nitrogen and oxygen atoms in total. The first-order valence-electron chi connectivity index (χ1n) is 8.20. The molecule has 2 aromatic rings. The number of carbonyl (C=O) groups is 1. The Morgan fingerprint density at radius 2 is 1.62 bits per heavy atom. The van der Waals surface area contributed by atoms with Crippen LogP contribution in [0.2, 0.25) is 0 Å². The Morgan fingerprint density at radius 1 is 1.00 bits per heavy atom. The lowest BCUT2D eigenvalue weighted by molar-refractivity contribution is -0.114. The van der Waals surface area contributed by atoms with Crippen LogP contribution in [0.5, 0.6) is 0 Å². The summed E-state index contributed by atoms with van der Waals surface area (Å²) in [5.41, 5.74) is 3.85. The van der Waals surface area contributed by atoms with Gasteiger partial charge in [0.05, 0.1) is 0 Å². The highest BCUT2D eigenvalue weighted by Gasteiger charge is 2.13. The fourth-order valence-corrected chi connectivity index (χ4v) is 4.82. The zero-order valence-corrected chi connectivity index (χ0v) is 15.9. The maximum absolute atomic E-state index is 11.7. The van der Waals surface area contributed by atoms with Gasteiger partial charge in [0.2, 0.25) is 0 Å². The average molecular weight is 339 g/mol. The van der Waals surface area contributed by atoms with Gasteiger partial charge in [0, 0.05) is 12.7 Å². The Labute approximate surface area is 147 Å². The van der Waals surface area contributed by atoms with Crippen molar-refractivity contribution in [2.75, 3.05) is 20.3 Å². The largest absolute Gasteiger partial charge is 0.305 e. The van der Waals surface area contributed by atoms with E-state index in [9.17, 15) is 4.79 Å². The lowest BCUT2D eigenvalue weighted by Gasteiger charge is -2.17. The molecule has 0 amide bonds. The first kappa shape index (κ1) is 18.6. The molecule has 0 aromatic heterocycles. The molecule has 0 heterocycles. The van der Waals surface area contributed by atoms with Crippen molar-refractivity contribution in [2.24, 2.45) is 0 Å². The highest BCUT2D eigenvalue weighted by Crippen LogP contribution is 2.39. The van der Waals surface area contributed by atoms with Gasteiger partial charge < -0.3 is 4.90 Å². The zero-order valence-electron chi connectivity index (χ0n) is 15.0. The number of ketones is 1. The molecule has 0 radical (unpaired) electrons. The van der Waals surface area contributed by atoms with Gasteiger partial charge in [-0.05, 0) is 57.9 Å². The van der Waals surface area contributed by atoms with Gasteiger partial charge in [0.1, 0.15) is 5.78 Å². The van der Waals surface area contributed by atoms with Crippen LogP contribution >= 0.6 is 7.92 Å². The number of Topliss-reactive ketones (excluding diaryl/α,β-unsaturated/α-hetero) is 1. The van der Waals surface area contributed by atoms with Gasteiger partial charge in [-0.2, -0.15) is 0 Å². The van der Waals surface area contributed by atoms with Gasteiger partial charge in [-0.1, -0.05) is 60.4 Å². The molecule has 0 N–H and O–H groups in total. The molecule has 2 rings (SSSR count). The molecule has 24 heavy (non-hydrogen) atoms. The Balaban J connectivity index is 2.37. The molecule has 0 fully saturated rings. The van der Waals surface area contributed by atoms with E-state index in [0.717, 1.165) is 6.54 Å². The fraction of sp³-hybridized carbons (Fsp3) is 0.286. The van der Waals surface area contributed by atoms with E-state index in [-0.39, 0.29) is 5.78 Å². The number of nitrogens with zero attached hydrogens (tertiary/aromatic N) is 1. The van der Waals surface area contributed by atoms with Gasteiger partial charge in [-0.25, -0.2) is 0 Å². The Morgan fingerprint density at radius 3 is 2.25 bits per heavy atom. The highest BCUT2D eigenvalue weighted by atomic mass is 31.1. The monoisotopic (exact) mass is 339 g/mol. The predicted octanol–water partition coefficient (Wildman–Crippen LogP) is 4.51. The van der Waals surface area contributed by atoms with Crippen LogP contribution in [0.15, 0.2) is 60.4 Å². The van der Waals surface area contributed by atoms with Crippen molar-refractivity contribution in [3.8, 4) is 0 Å². The molecule has 3 heteroatoms. The smallest absolute Gasteiger partial charge is 0.134 e. The second-order valence-electron chi connectivity index (χ2n) is 6.37. The second-order valence-corrected chi connectivity index (χ2v) is 8.40. The quantitative estimate of drug-likeness (QED) is 0.692. The van der Waals surface area contributed by atoms with Crippen LogP contribution < -0.4 is 5.30 Å². The van der Waals surface area contributed by atoms with Gasteiger partial charge >= 0.3 is 0 Å². The first-order valence-corrected chi connectivity index (χ1v) is 9.79. The van der Waals surface area contributed by atoms with E-state index in [4.69, 9.17) is 0 Å². The first-order chi connectivity index (χ1) is 11.5. The molecule has 1 atom stereocenters. The summed E-state index contributed by atoms with van der Waals surface area (Å²) >= 11 is 0. The van der Waals surface area contributed by atoms with Crippen molar-refractivity contribution in [2.45, 2.75) is 20.4 Å². The molecule has 0 aliphatic carbocycles. The molecular weight excluding hydrogens is 313 g/mol. The maximum Gasteiger partial charge on any atom is 0.134 e. The number of hydrogen-bond acceptors (Lipinski definition) is 2. The fourth-order valence-electron chi connectivity index (χ4n) is 2.76. The van der Waals surface area contributed by atoms with Crippen molar-refractivity contribution in [1.82, 2.24) is 4.90 Å². The van der Waals surface area contributed by atoms with Crippen molar-refractivity contribution >= 4 is 24.6 Å². The van der Waals surface area contributed by atoms with Crippen molar-refractivity contribution in [1.29, 1.82) is 0 Å². The van der Waals surface area contributed by atoms with Gasteiger partial charge in [-0.3, -0.25) is 4.79 Å². The van der Waals surface area contributed by atoms with Crippen LogP contribution in [0.25, 0.3) is 5.57 Å². The lowest BCUT2D eigenvalue weighted by atomic mass is 10.0. The molecule has 0 spiro atoms. The SMILES string of the molecule is CC(=O)CP(/C=C(\C)c1ccccc1CN(C)C)c1ccccc1. The number of rotatable bonds is 7. The molecule has 0 saturated carbocycles. The van der Waals surface area contributed by atoms with E-state index in [0.29, 0.717) is 6.16 Å². The average Bonchev–Trinajstić information content (AvgIpc) is 2.54. The summed E-state index contributed by atoms with van der Waals surface area (Å²) in [7, 11) is 3.56. The van der Waals surface area contributed by atoms with E-state index in [1.165, 1.54) is 22.0 Å². The normalized spacial score (nSPS) is 13.1. The van der Waals surface area contributed by atoms with Crippen molar-refractivity contribution in [3.63, 3.8) is 0 Å². The lowest BCUT2D eigenvalue weighted by Crippen LogP contribution is -2.12. The predicted molar refractivity (Wildman–Crippen MR) is 106 cm³/mol. The third-order valence-corrected chi connectivity index (χ3v) is 6.21. The van der Waals surface area contributed by atoms with Crippen LogP contribution in [0, 0.1) is 0 Å². The van der Waals surface area contributed by atoms with Crippen LogP contribution in [0.3, 0.4) is 0 Å². The molecule has 0 saturated heterocycles. The Bertz CT molecular complexity index is 707. The van der Waals surface area contributed by atoms with E-state index < -0.39 is 7.92 Å². The van der Waals surface area contributed by atoms with Crippen molar-refractivity contribution < 1.29 is 4.79 Å². The summed E-state index contributed by atoms with van der Waals surface area (Å²) in [5.74, 6) is 2.55. The molecule has 1 unspecified atom stereocenters. The molecule has 126 valence electrons. The summed E-state index contributed by atoms with van der Waals surface area (Å²) in [6.45, 7) is 4.76. The number of allylic oxidation sites excluding steroid dienone is 1. The third-order valence-electron chi connectivity index (χ3n) is 3.76. The van der Waals surface area contributed by atoms with Crippen molar-refractivity contribution in [3.05, 3.63) is 71.5 Å². The number of hydrogen-bond donors (Lipinski definition) is 0. The molecule has 0 aliphatic rings. The maximum atomic E-state index is 11.7. The van der Waals surface area contributed by atoms with Crippen LogP contribution in [0.1, 0.15) is 25.0 Å². The van der Waals surface area contributed by atoms with Gasteiger partial charge in [-0.15, -0.1) is 0 Å². The summed E-state index contributed by atoms with van der Waals surface area (Å²) in [4.78, 5) is 13.9. The number of carbonyl (C=O) groups excluding carboxylic acids is 1. The Kier molecular flexibility index (Phi) is 6.90. The minimum absolute atomic E-state index is 0.246. The zero-order chi connectivity index (χ0) is 17.5. The van der Waals surface area contributed by atoms with E-state index in [1.807, 2.05) is 18.2 Å². The van der Waals surface area contributed by atoms with Crippen LogP contribution in [-0.4, -0.2) is 30.9 Å². The van der Waals surface area contributed by atoms with Crippen LogP contribution in [0.4, 0.5) is 0 Å². The van der Waals surface area contributed by atoms with Gasteiger partial charge in [0.25, 0.3) is 0 Å². The third kappa shape index (κ3) is 5.40. The molecular formula is C21H26NOP. The molecule has 0 bridgehead atoms. The topological polar surface area (TPSA) is 20.3 Å². The standard InChI is InChI=1S/C21H26NOP/c1-17(21-13-9-8-10-19(21)14-22(3)4)15-24(16-18(2)23)20-11-6-5-7-12-20/h5-13,15H,14,16H2,1-4H3/b17-15+. The summed E-state index contributed by atoms with van der Waals surface area (Å²) in [6.07, 6.45) is 0.604.